The van der Waals surface area contributed by atoms with Gasteiger partial charge in [-0.15, -0.1) is 0 Å². The zero-order valence-electron chi connectivity index (χ0n) is 7.63. The summed E-state index contributed by atoms with van der Waals surface area (Å²) in [6.45, 7) is -0.126. The number of aliphatic hydroxyl groups is 1. The summed E-state index contributed by atoms with van der Waals surface area (Å²) in [7, 11) is 1.24. The Labute approximate surface area is 80.1 Å². The first kappa shape index (κ1) is 10.9. The van der Waals surface area contributed by atoms with E-state index in [4.69, 9.17) is 10.5 Å². The van der Waals surface area contributed by atoms with E-state index >= 15 is 0 Å². The summed E-state index contributed by atoms with van der Waals surface area (Å²) < 4.78 is 30.6. The minimum Gasteiger partial charge on any atom is -0.493 e. The second kappa shape index (κ2) is 4.34. The minimum absolute atomic E-state index is 0.0208. The number of hydrogen-bond acceptors (Lipinski definition) is 3. The minimum atomic E-state index is -1.13. The van der Waals surface area contributed by atoms with Crippen molar-refractivity contribution in [3.63, 3.8) is 0 Å². The van der Waals surface area contributed by atoms with Crippen LogP contribution in [-0.4, -0.2) is 18.8 Å². The molecule has 78 valence electrons. The van der Waals surface area contributed by atoms with Crippen LogP contribution in [0.15, 0.2) is 12.1 Å². The first-order chi connectivity index (χ1) is 6.60. The monoisotopic (exact) mass is 203 g/mol. The smallest absolute Gasteiger partial charge is 0.168 e. The van der Waals surface area contributed by atoms with Crippen LogP contribution in [0.4, 0.5) is 8.78 Å². The highest BCUT2D eigenvalue weighted by Crippen LogP contribution is 2.28. The molecule has 0 aliphatic carbocycles. The van der Waals surface area contributed by atoms with Crippen molar-refractivity contribution in [2.24, 2.45) is 5.73 Å². The molecule has 1 rings (SSSR count). The van der Waals surface area contributed by atoms with Crippen LogP contribution in [-0.2, 0) is 0 Å². The van der Waals surface area contributed by atoms with Gasteiger partial charge in [0, 0.05) is 18.2 Å². The fraction of sp³-hybridized carbons (Fsp3) is 0.333. The van der Waals surface area contributed by atoms with E-state index in [1.165, 1.54) is 7.11 Å². The van der Waals surface area contributed by atoms with Gasteiger partial charge in [0.2, 0.25) is 0 Å². The number of rotatable bonds is 3. The molecule has 0 aliphatic rings. The molecule has 0 saturated carbocycles. The van der Waals surface area contributed by atoms with Gasteiger partial charge in [0.15, 0.2) is 11.6 Å². The van der Waals surface area contributed by atoms with Crippen LogP contribution < -0.4 is 10.5 Å². The van der Waals surface area contributed by atoms with E-state index in [2.05, 4.69) is 0 Å². The molecule has 14 heavy (non-hydrogen) atoms. The second-order valence-corrected chi connectivity index (χ2v) is 2.76. The maximum absolute atomic E-state index is 13.1. The molecule has 3 N–H and O–H groups in total. The van der Waals surface area contributed by atoms with Crippen LogP contribution in [0, 0.1) is 11.6 Å². The highest BCUT2D eigenvalue weighted by atomic mass is 19.1. The largest absolute Gasteiger partial charge is 0.493 e. The lowest BCUT2D eigenvalue weighted by Crippen LogP contribution is -2.13. The second-order valence-electron chi connectivity index (χ2n) is 2.76. The molecule has 1 atom stereocenters. The quantitative estimate of drug-likeness (QED) is 0.769. The number of hydrogen-bond donors (Lipinski definition) is 2. The molecule has 0 saturated heterocycles. The third kappa shape index (κ3) is 2.00. The number of ether oxygens (including phenoxy) is 1. The van der Waals surface area contributed by atoms with Gasteiger partial charge in [-0.25, -0.2) is 8.78 Å². The average Bonchev–Trinajstić information content (AvgIpc) is 2.15. The van der Waals surface area contributed by atoms with Crippen molar-refractivity contribution < 1.29 is 18.6 Å². The Morgan fingerprint density at radius 1 is 1.50 bits per heavy atom. The molecule has 3 nitrogen and oxygen atoms in total. The van der Waals surface area contributed by atoms with E-state index in [0.717, 1.165) is 6.07 Å². The van der Waals surface area contributed by atoms with Gasteiger partial charge in [-0.2, -0.15) is 0 Å². The van der Waals surface area contributed by atoms with Crippen LogP contribution in [0.2, 0.25) is 0 Å². The Morgan fingerprint density at radius 3 is 2.64 bits per heavy atom. The lowest BCUT2D eigenvalue weighted by Gasteiger charge is -2.13. The normalized spacial score (nSPS) is 12.6. The van der Waals surface area contributed by atoms with Gasteiger partial charge >= 0.3 is 0 Å². The maximum atomic E-state index is 13.1. The fourth-order valence-corrected chi connectivity index (χ4v) is 1.17. The summed E-state index contributed by atoms with van der Waals surface area (Å²) in [5, 5.41) is 9.35. The Balaban J connectivity index is 3.24. The van der Waals surface area contributed by atoms with Crippen molar-refractivity contribution in [2.75, 3.05) is 13.7 Å². The van der Waals surface area contributed by atoms with Crippen molar-refractivity contribution in [3.05, 3.63) is 29.3 Å². The van der Waals surface area contributed by atoms with Crippen molar-refractivity contribution in [2.45, 2.75) is 6.10 Å². The van der Waals surface area contributed by atoms with Gasteiger partial charge in [-0.1, -0.05) is 0 Å². The molecule has 0 fully saturated rings. The van der Waals surface area contributed by atoms with E-state index in [9.17, 15) is 13.9 Å². The lowest BCUT2D eigenvalue weighted by atomic mass is 10.1. The highest BCUT2D eigenvalue weighted by Gasteiger charge is 2.17. The molecular formula is C9H11F2NO2. The third-order valence-corrected chi connectivity index (χ3v) is 1.82. The summed E-state index contributed by atoms with van der Waals surface area (Å²) in [6, 6.07) is 1.69. The first-order valence-corrected chi connectivity index (χ1v) is 4.01. The predicted octanol–water partition coefficient (Wildman–Crippen LogP) is 0.965. The van der Waals surface area contributed by atoms with E-state index in [1.807, 2.05) is 0 Å². The fourth-order valence-electron chi connectivity index (χ4n) is 1.17. The van der Waals surface area contributed by atoms with Crippen LogP contribution in [0.1, 0.15) is 11.7 Å². The summed E-state index contributed by atoms with van der Waals surface area (Å²) in [5.74, 6) is -1.80. The molecule has 0 bridgehead atoms. The molecule has 0 unspecified atom stereocenters. The SMILES string of the molecule is COc1c(F)cc(F)cc1[C@H](O)CN. The van der Waals surface area contributed by atoms with Crippen LogP contribution >= 0.6 is 0 Å². The van der Waals surface area contributed by atoms with Gasteiger partial charge in [-0.3, -0.25) is 0 Å². The van der Waals surface area contributed by atoms with E-state index < -0.39 is 17.7 Å². The zero-order valence-corrected chi connectivity index (χ0v) is 7.63. The molecule has 1 aromatic rings. The van der Waals surface area contributed by atoms with Crippen LogP contribution in [0.25, 0.3) is 0 Å². The van der Waals surface area contributed by atoms with E-state index in [-0.39, 0.29) is 17.9 Å². The van der Waals surface area contributed by atoms with Gasteiger partial charge < -0.3 is 15.6 Å². The molecule has 0 amide bonds. The number of halogens is 2. The van der Waals surface area contributed by atoms with Crippen molar-refractivity contribution >= 4 is 0 Å². The summed E-state index contributed by atoms with van der Waals surface area (Å²) in [4.78, 5) is 0. The molecule has 0 radical (unpaired) electrons. The summed E-state index contributed by atoms with van der Waals surface area (Å²) in [5.41, 5.74) is 5.20. The maximum Gasteiger partial charge on any atom is 0.168 e. The first-order valence-electron chi connectivity index (χ1n) is 4.01. The molecule has 5 heteroatoms. The van der Waals surface area contributed by atoms with Crippen molar-refractivity contribution in [3.8, 4) is 5.75 Å². The van der Waals surface area contributed by atoms with Crippen molar-refractivity contribution in [1.29, 1.82) is 0 Å². The highest BCUT2D eigenvalue weighted by molar-refractivity contribution is 5.37. The van der Waals surface area contributed by atoms with Gasteiger partial charge in [0.1, 0.15) is 5.82 Å². The molecule has 0 aromatic heterocycles. The summed E-state index contributed by atoms with van der Waals surface area (Å²) in [6.07, 6.45) is -1.13. The zero-order chi connectivity index (χ0) is 10.7. The van der Waals surface area contributed by atoms with E-state index in [1.54, 1.807) is 0 Å². The van der Waals surface area contributed by atoms with E-state index in [0.29, 0.717) is 6.07 Å². The standard InChI is InChI=1S/C9H11F2NO2/c1-14-9-6(8(13)4-12)2-5(10)3-7(9)11/h2-3,8,13H,4,12H2,1H3/t8-/m1/s1. The number of methoxy groups -OCH3 is 1. The Bertz CT molecular complexity index is 331. The lowest BCUT2D eigenvalue weighted by molar-refractivity contribution is 0.180. The van der Waals surface area contributed by atoms with Crippen LogP contribution in [0.5, 0.6) is 5.75 Å². The third-order valence-electron chi connectivity index (χ3n) is 1.82. The molecule has 0 aliphatic heterocycles. The average molecular weight is 203 g/mol. The molecular weight excluding hydrogens is 192 g/mol. The Morgan fingerprint density at radius 2 is 2.14 bits per heavy atom. The Hall–Kier alpha value is -1.20. The van der Waals surface area contributed by atoms with Gasteiger partial charge in [0.05, 0.1) is 13.2 Å². The molecule has 1 aromatic carbocycles. The van der Waals surface area contributed by atoms with Crippen molar-refractivity contribution in [1.82, 2.24) is 0 Å². The number of aliphatic hydroxyl groups excluding tert-OH is 1. The molecule has 0 spiro atoms. The predicted molar refractivity (Wildman–Crippen MR) is 46.9 cm³/mol. The molecule has 0 heterocycles. The summed E-state index contributed by atoms with van der Waals surface area (Å²) >= 11 is 0. The number of benzene rings is 1. The number of nitrogens with two attached hydrogens (primary N) is 1. The Kier molecular flexibility index (Phi) is 3.38. The van der Waals surface area contributed by atoms with Crippen LogP contribution in [0.3, 0.4) is 0 Å². The topological polar surface area (TPSA) is 55.5 Å². The van der Waals surface area contributed by atoms with Gasteiger partial charge in [0.25, 0.3) is 0 Å². The van der Waals surface area contributed by atoms with Gasteiger partial charge in [-0.05, 0) is 6.07 Å².